The average molecular weight is 388 g/mol. The number of nitrogens with one attached hydrogen (secondary N) is 1. The largest absolute Gasteiger partial charge is 0.364 e. The number of amides is 2. The number of primary amides is 1. The van der Waals surface area contributed by atoms with Gasteiger partial charge >= 0.3 is 0 Å². The van der Waals surface area contributed by atoms with Gasteiger partial charge in [0.05, 0.1) is 5.69 Å². The Hall–Kier alpha value is -3.41. The van der Waals surface area contributed by atoms with Gasteiger partial charge in [0, 0.05) is 12.1 Å². The van der Waals surface area contributed by atoms with Crippen LogP contribution in [0, 0.1) is 0 Å². The summed E-state index contributed by atoms with van der Waals surface area (Å²) < 4.78 is 1.42. The minimum atomic E-state index is -0.622. The van der Waals surface area contributed by atoms with Crippen LogP contribution < -0.4 is 11.1 Å². The van der Waals surface area contributed by atoms with Crippen molar-refractivity contribution in [2.24, 2.45) is 5.73 Å². The maximum Gasteiger partial charge on any atom is 0.272 e. The molecule has 1 saturated carbocycles. The summed E-state index contributed by atoms with van der Waals surface area (Å²) in [5.74, 6) is -0.350. The Bertz CT molecular complexity index is 990. The van der Waals surface area contributed by atoms with E-state index in [9.17, 15) is 9.59 Å². The molecule has 0 saturated heterocycles. The molecular weight excluding hydrogens is 364 g/mol. The van der Waals surface area contributed by atoms with Crippen LogP contribution in [0.15, 0.2) is 66.7 Å². The van der Waals surface area contributed by atoms with Gasteiger partial charge in [-0.3, -0.25) is 9.59 Å². The second-order valence-corrected chi connectivity index (χ2v) is 7.46. The van der Waals surface area contributed by atoms with Crippen molar-refractivity contribution >= 4 is 11.8 Å². The first-order chi connectivity index (χ1) is 14.1. The lowest BCUT2D eigenvalue weighted by Crippen LogP contribution is -2.37. The van der Waals surface area contributed by atoms with Crippen LogP contribution in [0.25, 0.3) is 5.69 Å². The summed E-state index contributed by atoms with van der Waals surface area (Å²) >= 11 is 0. The molecule has 1 aliphatic carbocycles. The molecule has 148 valence electrons. The third-order valence-corrected chi connectivity index (χ3v) is 5.53. The maximum absolute atomic E-state index is 12.7. The molecule has 29 heavy (non-hydrogen) atoms. The first-order valence-corrected chi connectivity index (χ1v) is 9.93. The van der Waals surface area contributed by atoms with Crippen molar-refractivity contribution < 1.29 is 9.59 Å². The molecule has 0 radical (unpaired) electrons. The molecule has 2 amide bonds. The quantitative estimate of drug-likeness (QED) is 0.702. The Morgan fingerprint density at radius 3 is 2.17 bits per heavy atom. The normalized spacial score (nSPS) is 18.9. The zero-order valence-corrected chi connectivity index (χ0v) is 16.1. The van der Waals surface area contributed by atoms with Gasteiger partial charge in [-0.05, 0) is 49.3 Å². The Balaban J connectivity index is 1.44. The molecule has 0 unspecified atom stereocenters. The van der Waals surface area contributed by atoms with E-state index >= 15 is 0 Å². The van der Waals surface area contributed by atoms with E-state index < -0.39 is 5.91 Å². The Kier molecular flexibility index (Phi) is 5.42. The van der Waals surface area contributed by atoms with E-state index in [0.29, 0.717) is 11.6 Å². The summed E-state index contributed by atoms with van der Waals surface area (Å²) in [5, 5.41) is 7.40. The number of carbonyl (C=O) groups excluding carboxylic acids is 2. The SMILES string of the molecule is NC(=O)c1cc(C(=O)NC2CCC(c3ccccc3)CC2)nn1-c1ccccc1. The van der Waals surface area contributed by atoms with E-state index in [-0.39, 0.29) is 23.3 Å². The van der Waals surface area contributed by atoms with E-state index in [1.165, 1.54) is 16.3 Å². The summed E-state index contributed by atoms with van der Waals surface area (Å²) in [4.78, 5) is 24.6. The molecule has 0 bridgehead atoms. The molecule has 1 fully saturated rings. The molecule has 2 aromatic carbocycles. The minimum Gasteiger partial charge on any atom is -0.364 e. The number of carbonyl (C=O) groups is 2. The number of para-hydroxylation sites is 1. The van der Waals surface area contributed by atoms with Crippen LogP contribution in [0.2, 0.25) is 0 Å². The van der Waals surface area contributed by atoms with E-state index in [1.54, 1.807) is 0 Å². The van der Waals surface area contributed by atoms with Gasteiger partial charge in [0.25, 0.3) is 11.8 Å². The highest BCUT2D eigenvalue weighted by Gasteiger charge is 2.25. The third kappa shape index (κ3) is 4.21. The Morgan fingerprint density at radius 1 is 0.931 bits per heavy atom. The first-order valence-electron chi connectivity index (χ1n) is 9.93. The van der Waals surface area contributed by atoms with Crippen LogP contribution in [0.1, 0.15) is 58.1 Å². The van der Waals surface area contributed by atoms with Crippen LogP contribution in [0.5, 0.6) is 0 Å². The smallest absolute Gasteiger partial charge is 0.272 e. The molecule has 0 atom stereocenters. The van der Waals surface area contributed by atoms with Crippen molar-refractivity contribution in [2.75, 3.05) is 0 Å². The molecule has 6 nitrogen and oxygen atoms in total. The Morgan fingerprint density at radius 2 is 1.55 bits per heavy atom. The van der Waals surface area contributed by atoms with E-state index in [0.717, 1.165) is 25.7 Å². The fourth-order valence-electron chi connectivity index (χ4n) is 3.99. The molecule has 1 aromatic heterocycles. The fraction of sp³-hybridized carbons (Fsp3) is 0.261. The van der Waals surface area contributed by atoms with Crippen molar-refractivity contribution in [1.29, 1.82) is 0 Å². The van der Waals surface area contributed by atoms with Crippen molar-refractivity contribution in [3.8, 4) is 5.69 Å². The fourth-order valence-corrected chi connectivity index (χ4v) is 3.99. The van der Waals surface area contributed by atoms with E-state index in [2.05, 4.69) is 34.7 Å². The lowest BCUT2D eigenvalue weighted by atomic mass is 9.82. The predicted octanol–water partition coefficient (Wildman–Crippen LogP) is 3.43. The van der Waals surface area contributed by atoms with Gasteiger partial charge in [0.1, 0.15) is 5.69 Å². The summed E-state index contributed by atoms with van der Waals surface area (Å²) in [6, 6.07) is 21.3. The number of nitrogens with zero attached hydrogens (tertiary/aromatic N) is 2. The monoisotopic (exact) mass is 388 g/mol. The molecule has 3 N–H and O–H groups in total. The molecule has 3 aromatic rings. The molecule has 0 spiro atoms. The highest BCUT2D eigenvalue weighted by Crippen LogP contribution is 2.32. The Labute approximate surface area is 169 Å². The van der Waals surface area contributed by atoms with Gasteiger partial charge in [-0.25, -0.2) is 4.68 Å². The van der Waals surface area contributed by atoms with Gasteiger partial charge in [0.2, 0.25) is 0 Å². The van der Waals surface area contributed by atoms with E-state index in [4.69, 9.17) is 5.73 Å². The van der Waals surface area contributed by atoms with Crippen molar-refractivity contribution in [1.82, 2.24) is 15.1 Å². The molecular formula is C23H24N4O2. The standard InChI is InChI=1S/C23H24N4O2/c24-22(28)21-15-20(26-27(21)19-9-5-2-6-10-19)23(29)25-18-13-11-17(12-14-18)16-7-3-1-4-8-16/h1-10,15,17-18H,11-14H2,(H2,24,28)(H,25,29). The molecule has 1 heterocycles. The first kappa shape index (κ1) is 18.9. The van der Waals surface area contributed by atoms with Crippen LogP contribution >= 0.6 is 0 Å². The summed E-state index contributed by atoms with van der Waals surface area (Å²) in [6.07, 6.45) is 3.93. The van der Waals surface area contributed by atoms with Crippen LogP contribution in [0.4, 0.5) is 0 Å². The third-order valence-electron chi connectivity index (χ3n) is 5.53. The zero-order valence-electron chi connectivity index (χ0n) is 16.1. The zero-order chi connectivity index (χ0) is 20.2. The summed E-state index contributed by atoms with van der Waals surface area (Å²) in [6.45, 7) is 0. The van der Waals surface area contributed by atoms with E-state index in [1.807, 2.05) is 36.4 Å². The predicted molar refractivity (Wildman–Crippen MR) is 111 cm³/mol. The lowest BCUT2D eigenvalue weighted by molar-refractivity contribution is 0.0919. The molecule has 6 heteroatoms. The summed E-state index contributed by atoms with van der Waals surface area (Å²) in [7, 11) is 0. The summed E-state index contributed by atoms with van der Waals surface area (Å²) in [5.41, 5.74) is 7.93. The lowest BCUT2D eigenvalue weighted by Gasteiger charge is -2.29. The van der Waals surface area contributed by atoms with Crippen molar-refractivity contribution in [3.63, 3.8) is 0 Å². The number of aromatic nitrogens is 2. The van der Waals surface area contributed by atoms with Crippen LogP contribution in [0.3, 0.4) is 0 Å². The highest BCUT2D eigenvalue weighted by atomic mass is 16.2. The average Bonchev–Trinajstić information content (AvgIpc) is 3.22. The van der Waals surface area contributed by atoms with Crippen molar-refractivity contribution in [3.05, 3.63) is 83.7 Å². The topological polar surface area (TPSA) is 90.0 Å². The van der Waals surface area contributed by atoms with Gasteiger partial charge < -0.3 is 11.1 Å². The number of benzene rings is 2. The number of hydrogen-bond acceptors (Lipinski definition) is 3. The molecule has 4 rings (SSSR count). The minimum absolute atomic E-state index is 0.112. The number of nitrogens with two attached hydrogens (primary N) is 1. The van der Waals surface area contributed by atoms with Gasteiger partial charge in [-0.2, -0.15) is 5.10 Å². The highest BCUT2D eigenvalue weighted by molar-refractivity contribution is 5.97. The van der Waals surface area contributed by atoms with Gasteiger partial charge in [-0.15, -0.1) is 0 Å². The molecule has 1 aliphatic rings. The maximum atomic E-state index is 12.7. The van der Waals surface area contributed by atoms with Crippen LogP contribution in [-0.2, 0) is 0 Å². The second kappa shape index (κ2) is 8.31. The van der Waals surface area contributed by atoms with Crippen LogP contribution in [-0.4, -0.2) is 27.6 Å². The second-order valence-electron chi connectivity index (χ2n) is 7.46. The number of rotatable bonds is 5. The van der Waals surface area contributed by atoms with Crippen molar-refractivity contribution in [2.45, 2.75) is 37.6 Å². The van der Waals surface area contributed by atoms with Gasteiger partial charge in [-0.1, -0.05) is 48.5 Å². The number of hydrogen-bond donors (Lipinski definition) is 2. The molecule has 0 aliphatic heterocycles. The van der Waals surface area contributed by atoms with Gasteiger partial charge in [0.15, 0.2) is 5.69 Å².